The Morgan fingerprint density at radius 2 is 1.82 bits per heavy atom. The first-order valence-corrected chi connectivity index (χ1v) is 14.0. The average molecular weight is 565 g/mol. The van der Waals surface area contributed by atoms with Gasteiger partial charge in [0.25, 0.3) is 0 Å². The van der Waals surface area contributed by atoms with E-state index in [1.165, 1.54) is 11.0 Å². The van der Waals surface area contributed by atoms with Crippen LogP contribution in [-0.2, 0) is 30.8 Å². The van der Waals surface area contributed by atoms with E-state index in [9.17, 15) is 27.2 Å². The van der Waals surface area contributed by atoms with Gasteiger partial charge in [-0.15, -0.1) is 0 Å². The highest BCUT2D eigenvalue weighted by Crippen LogP contribution is 2.29. The lowest BCUT2D eigenvalue weighted by Gasteiger charge is -2.19. The topological polar surface area (TPSA) is 143 Å². The summed E-state index contributed by atoms with van der Waals surface area (Å²) < 4.78 is 51.0. The molecule has 1 aliphatic heterocycles. The van der Waals surface area contributed by atoms with Gasteiger partial charge in [0, 0.05) is 12.1 Å². The van der Waals surface area contributed by atoms with Crippen molar-refractivity contribution in [2.24, 2.45) is 0 Å². The van der Waals surface area contributed by atoms with Gasteiger partial charge in [0.1, 0.15) is 17.5 Å². The zero-order chi connectivity index (χ0) is 28.8. The summed E-state index contributed by atoms with van der Waals surface area (Å²) in [6.07, 6.45) is -2.06. The number of amides is 3. The van der Waals surface area contributed by atoms with E-state index in [1.807, 2.05) is 0 Å². The van der Waals surface area contributed by atoms with Gasteiger partial charge in [-0.3, -0.25) is 9.69 Å². The molecule has 2 aromatic rings. The van der Waals surface area contributed by atoms with Crippen molar-refractivity contribution in [2.75, 3.05) is 30.3 Å². The minimum absolute atomic E-state index is 0.0123. The van der Waals surface area contributed by atoms with Gasteiger partial charge >= 0.3 is 12.2 Å². The largest absolute Gasteiger partial charge is 0.444 e. The Kier molecular flexibility index (Phi) is 9.51. The molecule has 0 unspecified atom stereocenters. The maximum absolute atomic E-state index is 15.0. The van der Waals surface area contributed by atoms with Crippen LogP contribution in [0.5, 0.6) is 0 Å². The fourth-order valence-corrected chi connectivity index (χ4v) is 4.19. The fraction of sp³-hybridized carbons (Fsp3) is 0.423. The van der Waals surface area contributed by atoms with Gasteiger partial charge < -0.3 is 20.1 Å². The van der Waals surface area contributed by atoms with Crippen LogP contribution in [0.2, 0.25) is 0 Å². The van der Waals surface area contributed by atoms with Crippen molar-refractivity contribution in [3.8, 4) is 11.1 Å². The molecule has 212 valence electrons. The second-order valence-electron chi connectivity index (χ2n) is 9.86. The molecule has 0 radical (unpaired) electrons. The number of halogens is 1. The second kappa shape index (κ2) is 12.4. The lowest BCUT2D eigenvalue weighted by molar-refractivity contribution is -0.120. The first-order chi connectivity index (χ1) is 18.3. The Labute approximate surface area is 227 Å². The third-order valence-electron chi connectivity index (χ3n) is 5.60. The van der Waals surface area contributed by atoms with Crippen molar-refractivity contribution in [3.63, 3.8) is 0 Å². The third-order valence-corrected chi connectivity index (χ3v) is 6.94. The summed E-state index contributed by atoms with van der Waals surface area (Å²) in [5, 5.41) is 4.92. The van der Waals surface area contributed by atoms with Crippen LogP contribution in [-0.4, -0.2) is 63.6 Å². The SMILES string of the molecule is CCS(=O)(=O)NCc1ccc(-c2ccc(N3C[C@H](CNC(=O)CNC(=O)OC(C)(C)C)OC3=O)cc2F)cc1. The van der Waals surface area contributed by atoms with Crippen LogP contribution in [0.1, 0.15) is 33.3 Å². The summed E-state index contributed by atoms with van der Waals surface area (Å²) in [5.41, 5.74) is 1.24. The number of hydrogen-bond acceptors (Lipinski definition) is 7. The predicted molar refractivity (Wildman–Crippen MR) is 143 cm³/mol. The maximum Gasteiger partial charge on any atom is 0.414 e. The van der Waals surface area contributed by atoms with Crippen molar-refractivity contribution in [3.05, 3.63) is 53.8 Å². The highest BCUT2D eigenvalue weighted by Gasteiger charge is 2.33. The minimum Gasteiger partial charge on any atom is -0.444 e. The molecule has 1 fully saturated rings. The number of sulfonamides is 1. The van der Waals surface area contributed by atoms with Gasteiger partial charge in [-0.05, 0) is 57.0 Å². The number of alkyl carbamates (subject to hydrolysis) is 1. The van der Waals surface area contributed by atoms with Crippen LogP contribution in [0.3, 0.4) is 0 Å². The van der Waals surface area contributed by atoms with E-state index in [2.05, 4.69) is 15.4 Å². The number of anilines is 1. The molecule has 1 aliphatic rings. The number of nitrogens with zero attached hydrogens (tertiary/aromatic N) is 1. The first kappa shape index (κ1) is 29.8. The number of ether oxygens (including phenoxy) is 2. The lowest BCUT2D eigenvalue weighted by Crippen LogP contribution is -2.42. The standard InChI is InChI=1S/C26H33FN4O7S/c1-5-39(35,36)30-13-17-6-8-18(9-7-17)21-11-10-19(12-22(21)27)31-16-20(37-25(31)34)14-28-23(32)15-29-24(33)38-26(2,3)4/h6-12,20,30H,5,13-16H2,1-4H3,(H,28,32)(H,29,33)/t20-/m0/s1. The molecule has 3 amide bonds. The summed E-state index contributed by atoms with van der Waals surface area (Å²) in [5.74, 6) is -1.06. The van der Waals surface area contributed by atoms with Gasteiger partial charge in [0.2, 0.25) is 15.9 Å². The van der Waals surface area contributed by atoms with Crippen molar-refractivity contribution < 1.29 is 36.7 Å². The molecule has 0 aliphatic carbocycles. The zero-order valence-electron chi connectivity index (χ0n) is 22.2. The van der Waals surface area contributed by atoms with Gasteiger partial charge in [-0.25, -0.2) is 27.1 Å². The molecule has 2 aromatic carbocycles. The van der Waals surface area contributed by atoms with Gasteiger partial charge in [-0.1, -0.05) is 24.3 Å². The highest BCUT2D eigenvalue weighted by molar-refractivity contribution is 7.89. The van der Waals surface area contributed by atoms with E-state index >= 15 is 0 Å². The van der Waals surface area contributed by atoms with Crippen molar-refractivity contribution >= 4 is 33.8 Å². The summed E-state index contributed by atoms with van der Waals surface area (Å²) in [4.78, 5) is 37.3. The van der Waals surface area contributed by atoms with Gasteiger partial charge in [0.15, 0.2) is 0 Å². The molecule has 1 atom stereocenters. The Balaban J connectivity index is 1.54. The number of carbonyl (C=O) groups excluding carboxylic acids is 3. The summed E-state index contributed by atoms with van der Waals surface area (Å²) in [6.45, 7) is 6.60. The van der Waals surface area contributed by atoms with Gasteiger partial charge in [0.05, 0.1) is 31.1 Å². The van der Waals surface area contributed by atoms with Crippen molar-refractivity contribution in [1.82, 2.24) is 15.4 Å². The quantitative estimate of drug-likeness (QED) is 0.403. The third kappa shape index (κ3) is 8.93. The minimum atomic E-state index is -3.32. The summed E-state index contributed by atoms with van der Waals surface area (Å²) in [7, 11) is -3.32. The Morgan fingerprint density at radius 1 is 1.13 bits per heavy atom. The molecule has 0 bridgehead atoms. The molecule has 13 heteroatoms. The van der Waals surface area contributed by atoms with E-state index in [-0.39, 0.29) is 31.9 Å². The second-order valence-corrected chi connectivity index (χ2v) is 12.0. The smallest absolute Gasteiger partial charge is 0.414 e. The fourth-order valence-electron chi connectivity index (χ4n) is 3.60. The molecule has 1 saturated heterocycles. The van der Waals surface area contributed by atoms with E-state index in [0.717, 1.165) is 5.56 Å². The van der Waals surface area contributed by atoms with Gasteiger partial charge in [-0.2, -0.15) is 0 Å². The number of benzene rings is 2. The van der Waals surface area contributed by atoms with Crippen LogP contribution in [0.15, 0.2) is 42.5 Å². The first-order valence-electron chi connectivity index (χ1n) is 12.3. The zero-order valence-corrected chi connectivity index (χ0v) is 23.1. The van der Waals surface area contributed by atoms with E-state index < -0.39 is 45.6 Å². The molecule has 0 saturated carbocycles. The van der Waals surface area contributed by atoms with Crippen molar-refractivity contribution in [1.29, 1.82) is 0 Å². The summed E-state index contributed by atoms with van der Waals surface area (Å²) in [6, 6.07) is 11.2. The number of rotatable bonds is 10. The molecule has 11 nitrogen and oxygen atoms in total. The molecular weight excluding hydrogens is 531 g/mol. The normalized spacial score (nSPS) is 15.6. The molecule has 3 rings (SSSR count). The number of hydrogen-bond donors (Lipinski definition) is 3. The van der Waals surface area contributed by atoms with Crippen LogP contribution < -0.4 is 20.3 Å². The highest BCUT2D eigenvalue weighted by atomic mass is 32.2. The van der Waals surface area contributed by atoms with E-state index in [0.29, 0.717) is 16.8 Å². The molecule has 39 heavy (non-hydrogen) atoms. The van der Waals surface area contributed by atoms with E-state index in [1.54, 1.807) is 64.1 Å². The molecular formula is C26H33FN4O7S. The van der Waals surface area contributed by atoms with E-state index in [4.69, 9.17) is 9.47 Å². The Morgan fingerprint density at radius 3 is 2.44 bits per heavy atom. The van der Waals surface area contributed by atoms with Crippen LogP contribution in [0.4, 0.5) is 19.7 Å². The predicted octanol–water partition coefficient (Wildman–Crippen LogP) is 2.90. The summed E-state index contributed by atoms with van der Waals surface area (Å²) >= 11 is 0. The monoisotopic (exact) mass is 564 g/mol. The number of carbonyl (C=O) groups is 3. The Hall–Kier alpha value is -3.71. The molecule has 0 spiro atoms. The number of nitrogens with one attached hydrogen (secondary N) is 3. The molecule has 0 aromatic heterocycles. The average Bonchev–Trinajstić information content (AvgIpc) is 3.25. The van der Waals surface area contributed by atoms with Crippen LogP contribution in [0.25, 0.3) is 11.1 Å². The van der Waals surface area contributed by atoms with Crippen LogP contribution in [0, 0.1) is 5.82 Å². The van der Waals surface area contributed by atoms with Crippen molar-refractivity contribution in [2.45, 2.75) is 45.9 Å². The molecule has 3 N–H and O–H groups in total. The maximum atomic E-state index is 15.0. The number of cyclic esters (lactones) is 1. The molecule has 1 heterocycles. The lowest BCUT2D eigenvalue weighted by atomic mass is 10.0. The van der Waals surface area contributed by atoms with Crippen LogP contribution >= 0.6 is 0 Å². The Bertz CT molecular complexity index is 1310.